The molecule has 0 saturated heterocycles. The second-order valence-corrected chi connectivity index (χ2v) is 4.27. The van der Waals surface area contributed by atoms with E-state index in [1.807, 2.05) is 0 Å². The van der Waals surface area contributed by atoms with E-state index in [1.54, 1.807) is 62.8 Å². The Hall–Kier alpha value is -2.33. The fourth-order valence-electron chi connectivity index (χ4n) is 1.85. The Balaban J connectivity index is 2.17. The van der Waals surface area contributed by atoms with Gasteiger partial charge in [-0.2, -0.15) is 0 Å². The highest BCUT2D eigenvalue weighted by atomic mass is 16.5. The quantitative estimate of drug-likeness (QED) is 0.850. The van der Waals surface area contributed by atoms with E-state index in [4.69, 9.17) is 9.47 Å². The molecule has 0 aromatic heterocycles. The molecule has 2 aromatic carbocycles. The third kappa shape index (κ3) is 2.97. The fourth-order valence-corrected chi connectivity index (χ4v) is 1.85. The van der Waals surface area contributed by atoms with Gasteiger partial charge in [0.1, 0.15) is 17.6 Å². The van der Waals surface area contributed by atoms with Crippen molar-refractivity contribution >= 4 is 5.78 Å². The zero-order chi connectivity index (χ0) is 14.5. The predicted molar refractivity (Wildman–Crippen MR) is 75.3 cm³/mol. The lowest BCUT2D eigenvalue weighted by atomic mass is 10.00. The number of carbonyl (C=O) groups excluding carboxylic acids is 1. The number of ketones is 1. The number of methoxy groups -OCH3 is 2. The first-order valence-corrected chi connectivity index (χ1v) is 6.16. The lowest BCUT2D eigenvalue weighted by molar-refractivity contribution is 0.0747. The number of hydrogen-bond donors (Lipinski definition) is 1. The molecule has 104 valence electrons. The summed E-state index contributed by atoms with van der Waals surface area (Å²) in [5.41, 5.74) is 0.973. The molecule has 0 bridgehead atoms. The smallest absolute Gasteiger partial charge is 0.195 e. The highest BCUT2D eigenvalue weighted by Gasteiger charge is 2.19. The molecule has 0 aliphatic heterocycles. The molecule has 2 aromatic rings. The van der Waals surface area contributed by atoms with Crippen LogP contribution in [0.2, 0.25) is 0 Å². The van der Waals surface area contributed by atoms with Crippen LogP contribution in [-0.2, 0) is 0 Å². The zero-order valence-electron chi connectivity index (χ0n) is 11.4. The first-order chi connectivity index (χ1) is 9.65. The molecule has 4 nitrogen and oxygen atoms in total. The first-order valence-electron chi connectivity index (χ1n) is 6.16. The van der Waals surface area contributed by atoms with E-state index in [0.29, 0.717) is 22.6 Å². The minimum absolute atomic E-state index is 0.349. The van der Waals surface area contributed by atoms with E-state index in [0.717, 1.165) is 0 Å². The van der Waals surface area contributed by atoms with Crippen molar-refractivity contribution in [2.24, 2.45) is 0 Å². The van der Waals surface area contributed by atoms with Gasteiger partial charge in [-0.3, -0.25) is 4.79 Å². The van der Waals surface area contributed by atoms with Gasteiger partial charge in [-0.15, -0.1) is 0 Å². The number of rotatable bonds is 5. The molecule has 0 amide bonds. The van der Waals surface area contributed by atoms with Crippen molar-refractivity contribution in [1.82, 2.24) is 0 Å². The summed E-state index contributed by atoms with van der Waals surface area (Å²) in [7, 11) is 3.12. The third-order valence-corrected chi connectivity index (χ3v) is 3.05. The van der Waals surface area contributed by atoms with Gasteiger partial charge in [-0.1, -0.05) is 12.1 Å². The fraction of sp³-hybridized carbons (Fsp3) is 0.188. The van der Waals surface area contributed by atoms with Crippen LogP contribution in [0.1, 0.15) is 22.0 Å². The van der Waals surface area contributed by atoms with Crippen LogP contribution in [0, 0.1) is 0 Å². The number of carbonyl (C=O) groups is 1. The first kappa shape index (κ1) is 14.1. The summed E-state index contributed by atoms with van der Waals surface area (Å²) in [4.78, 5) is 12.2. The monoisotopic (exact) mass is 272 g/mol. The van der Waals surface area contributed by atoms with E-state index < -0.39 is 6.10 Å². The molecule has 0 aliphatic rings. The number of benzene rings is 2. The Morgan fingerprint density at radius 2 is 1.35 bits per heavy atom. The number of aliphatic hydroxyl groups excluding tert-OH is 1. The summed E-state index contributed by atoms with van der Waals surface area (Å²) in [6.45, 7) is 0. The number of hydrogen-bond acceptors (Lipinski definition) is 4. The SMILES string of the molecule is COc1ccc(C(=O)[C@@H](O)c2ccc(OC)cc2)cc1. The maximum absolute atomic E-state index is 12.2. The summed E-state index contributed by atoms with van der Waals surface area (Å²) >= 11 is 0. The Morgan fingerprint density at radius 1 is 0.900 bits per heavy atom. The third-order valence-electron chi connectivity index (χ3n) is 3.05. The summed E-state index contributed by atoms with van der Waals surface area (Å²) in [6.07, 6.45) is -1.19. The van der Waals surface area contributed by atoms with Crippen LogP contribution in [0.3, 0.4) is 0 Å². The Kier molecular flexibility index (Phi) is 4.38. The van der Waals surface area contributed by atoms with E-state index >= 15 is 0 Å². The van der Waals surface area contributed by atoms with Crippen LogP contribution >= 0.6 is 0 Å². The molecule has 1 N–H and O–H groups in total. The van der Waals surface area contributed by atoms with Gasteiger partial charge in [0, 0.05) is 5.56 Å². The van der Waals surface area contributed by atoms with Crippen LogP contribution in [0.15, 0.2) is 48.5 Å². The molecule has 0 unspecified atom stereocenters. The lowest BCUT2D eigenvalue weighted by Crippen LogP contribution is -2.12. The van der Waals surface area contributed by atoms with Gasteiger partial charge in [0.2, 0.25) is 0 Å². The average Bonchev–Trinajstić information content (AvgIpc) is 2.53. The predicted octanol–water partition coefficient (Wildman–Crippen LogP) is 2.62. The molecule has 0 radical (unpaired) electrons. The molecule has 2 rings (SSSR count). The minimum atomic E-state index is -1.19. The highest BCUT2D eigenvalue weighted by molar-refractivity contribution is 5.99. The standard InChI is InChI=1S/C16H16O4/c1-19-13-7-3-11(4-8-13)15(17)16(18)12-5-9-14(20-2)10-6-12/h3-10,15,17H,1-2H3/t15-/m0/s1. The lowest BCUT2D eigenvalue weighted by Gasteiger charge is -2.11. The highest BCUT2D eigenvalue weighted by Crippen LogP contribution is 2.22. The molecule has 0 heterocycles. The van der Waals surface area contributed by atoms with Crippen LogP contribution in [0.4, 0.5) is 0 Å². The number of Topliss-reactive ketones (excluding diaryl/α,β-unsaturated/α-hetero) is 1. The summed E-state index contributed by atoms with van der Waals surface area (Å²) in [6, 6.07) is 13.4. The summed E-state index contributed by atoms with van der Waals surface area (Å²) in [5, 5.41) is 10.1. The topological polar surface area (TPSA) is 55.8 Å². The largest absolute Gasteiger partial charge is 0.497 e. The summed E-state index contributed by atoms with van der Waals surface area (Å²) < 4.78 is 10.1. The zero-order valence-corrected chi connectivity index (χ0v) is 11.4. The molecule has 1 atom stereocenters. The molecule has 0 fully saturated rings. The van der Waals surface area contributed by atoms with Gasteiger partial charge in [0.15, 0.2) is 5.78 Å². The van der Waals surface area contributed by atoms with Crippen molar-refractivity contribution in [2.75, 3.05) is 14.2 Å². The Morgan fingerprint density at radius 3 is 1.80 bits per heavy atom. The average molecular weight is 272 g/mol. The Bertz CT molecular complexity index is 572. The molecule has 20 heavy (non-hydrogen) atoms. The molecular formula is C16H16O4. The van der Waals surface area contributed by atoms with Gasteiger partial charge in [-0.25, -0.2) is 0 Å². The van der Waals surface area contributed by atoms with E-state index in [9.17, 15) is 9.90 Å². The van der Waals surface area contributed by atoms with Crippen LogP contribution in [0.25, 0.3) is 0 Å². The van der Waals surface area contributed by atoms with E-state index in [2.05, 4.69) is 0 Å². The van der Waals surface area contributed by atoms with Crippen LogP contribution < -0.4 is 9.47 Å². The summed E-state index contributed by atoms with van der Waals surface area (Å²) in [5.74, 6) is 0.996. The van der Waals surface area contributed by atoms with Crippen molar-refractivity contribution in [3.05, 3.63) is 59.7 Å². The Labute approximate surface area is 117 Å². The van der Waals surface area contributed by atoms with Gasteiger partial charge in [0.05, 0.1) is 14.2 Å². The van der Waals surface area contributed by atoms with Gasteiger partial charge in [0.25, 0.3) is 0 Å². The van der Waals surface area contributed by atoms with Crippen molar-refractivity contribution in [3.8, 4) is 11.5 Å². The van der Waals surface area contributed by atoms with Gasteiger partial charge in [-0.05, 0) is 42.0 Å². The van der Waals surface area contributed by atoms with Crippen molar-refractivity contribution in [3.63, 3.8) is 0 Å². The van der Waals surface area contributed by atoms with Crippen LogP contribution in [0.5, 0.6) is 11.5 Å². The molecule has 0 saturated carbocycles. The van der Waals surface area contributed by atoms with Crippen molar-refractivity contribution < 1.29 is 19.4 Å². The minimum Gasteiger partial charge on any atom is -0.497 e. The van der Waals surface area contributed by atoms with Crippen molar-refractivity contribution in [2.45, 2.75) is 6.10 Å². The normalized spacial score (nSPS) is 11.8. The molecule has 0 aliphatic carbocycles. The van der Waals surface area contributed by atoms with E-state index in [1.165, 1.54) is 0 Å². The molecule has 0 spiro atoms. The van der Waals surface area contributed by atoms with E-state index in [-0.39, 0.29) is 5.78 Å². The maximum Gasteiger partial charge on any atom is 0.195 e. The molecule has 4 heteroatoms. The van der Waals surface area contributed by atoms with Crippen molar-refractivity contribution in [1.29, 1.82) is 0 Å². The second-order valence-electron chi connectivity index (χ2n) is 4.27. The maximum atomic E-state index is 12.2. The van der Waals surface area contributed by atoms with Gasteiger partial charge >= 0.3 is 0 Å². The van der Waals surface area contributed by atoms with Gasteiger partial charge < -0.3 is 14.6 Å². The van der Waals surface area contributed by atoms with Crippen LogP contribution in [-0.4, -0.2) is 25.1 Å². The second kappa shape index (κ2) is 6.21. The molecular weight excluding hydrogens is 256 g/mol. The number of aliphatic hydroxyl groups is 1. The number of ether oxygens (including phenoxy) is 2.